The van der Waals surface area contributed by atoms with E-state index in [0.717, 1.165) is 66.8 Å². The SMILES string of the molecule is [B]c1cc([B])c2nc(CN(CCCCN)[C@H]3CCCc4c3nc([B])c([B])c4[B])[nH]c2c1. The molecule has 0 spiro atoms. The van der Waals surface area contributed by atoms with Gasteiger partial charge in [0.1, 0.15) is 45.1 Å². The minimum Gasteiger partial charge on any atom is -0.341 e. The third kappa shape index (κ3) is 4.51. The Balaban J connectivity index is 1.69. The van der Waals surface area contributed by atoms with Crippen LogP contribution in [0.1, 0.15) is 48.8 Å². The number of H-pyrrole nitrogens is 1. The van der Waals surface area contributed by atoms with Gasteiger partial charge in [-0.3, -0.25) is 9.88 Å². The Morgan fingerprint density at radius 3 is 2.65 bits per heavy atom. The molecule has 4 rings (SSSR count). The fraction of sp³-hybridized carbons (Fsp3) is 0.429. The van der Waals surface area contributed by atoms with Crippen molar-refractivity contribution in [1.82, 2.24) is 19.9 Å². The number of unbranched alkanes of at least 4 members (excludes halogenated alkanes) is 1. The van der Waals surface area contributed by atoms with E-state index in [1.807, 2.05) is 6.07 Å². The van der Waals surface area contributed by atoms with E-state index in [1.165, 1.54) is 0 Å². The first-order chi connectivity index (χ1) is 14.9. The smallest absolute Gasteiger partial charge is 0.140 e. The lowest BCUT2D eigenvalue weighted by atomic mass is 9.70. The van der Waals surface area contributed by atoms with Crippen LogP contribution in [-0.2, 0) is 13.0 Å². The van der Waals surface area contributed by atoms with Gasteiger partial charge in [0.15, 0.2) is 0 Å². The normalized spacial score (nSPS) is 16.1. The Labute approximate surface area is 190 Å². The van der Waals surface area contributed by atoms with Crippen molar-refractivity contribution in [1.29, 1.82) is 0 Å². The number of benzene rings is 1. The van der Waals surface area contributed by atoms with Gasteiger partial charge in [-0.2, -0.15) is 0 Å². The zero-order valence-corrected chi connectivity index (χ0v) is 17.7. The van der Waals surface area contributed by atoms with E-state index in [-0.39, 0.29) is 11.6 Å². The highest BCUT2D eigenvalue weighted by Gasteiger charge is 2.29. The molecule has 2 aromatic heterocycles. The maximum absolute atomic E-state index is 6.30. The van der Waals surface area contributed by atoms with E-state index in [1.54, 1.807) is 6.07 Å². The fourth-order valence-electron chi connectivity index (χ4n) is 4.49. The molecule has 5 nitrogen and oxygen atoms in total. The second-order valence-electron chi connectivity index (χ2n) is 8.25. The number of imidazole rings is 1. The highest BCUT2D eigenvalue weighted by Crippen LogP contribution is 2.32. The van der Waals surface area contributed by atoms with Crippen molar-refractivity contribution in [2.75, 3.05) is 13.1 Å². The summed E-state index contributed by atoms with van der Waals surface area (Å²) in [5, 5.41) is 0. The van der Waals surface area contributed by atoms with Crippen molar-refractivity contribution >= 4 is 77.7 Å². The topological polar surface area (TPSA) is 70.8 Å². The second-order valence-corrected chi connectivity index (χ2v) is 8.25. The number of fused-ring (bicyclic) bond motifs is 2. The first kappa shape index (κ1) is 22.3. The lowest BCUT2D eigenvalue weighted by Gasteiger charge is -2.36. The van der Waals surface area contributed by atoms with Crippen LogP contribution in [0.2, 0.25) is 0 Å². The number of hydrogen-bond acceptors (Lipinski definition) is 4. The summed E-state index contributed by atoms with van der Waals surface area (Å²) >= 11 is 0. The van der Waals surface area contributed by atoms with Crippen molar-refractivity contribution in [2.45, 2.75) is 44.7 Å². The number of nitrogens with one attached hydrogen (secondary N) is 1. The summed E-state index contributed by atoms with van der Waals surface area (Å²) in [7, 11) is 30.5. The van der Waals surface area contributed by atoms with Crippen molar-refractivity contribution in [3.05, 3.63) is 29.2 Å². The highest BCUT2D eigenvalue weighted by atomic mass is 15.2. The van der Waals surface area contributed by atoms with Gasteiger partial charge in [0, 0.05) is 0 Å². The molecule has 31 heavy (non-hydrogen) atoms. The monoisotopic (exact) mass is 399 g/mol. The minimum absolute atomic E-state index is 0.0716. The molecule has 1 aliphatic carbocycles. The van der Waals surface area contributed by atoms with Crippen LogP contribution in [0, 0.1) is 0 Å². The summed E-state index contributed by atoms with van der Waals surface area (Å²) in [6, 6.07) is 3.65. The van der Waals surface area contributed by atoms with Crippen molar-refractivity contribution < 1.29 is 0 Å². The molecule has 0 unspecified atom stereocenters. The second kappa shape index (κ2) is 9.29. The molecule has 10 radical (unpaired) electrons. The predicted octanol–water partition coefficient (Wildman–Crippen LogP) is -2.45. The zero-order chi connectivity index (χ0) is 22.1. The van der Waals surface area contributed by atoms with Crippen molar-refractivity contribution in [3.8, 4) is 0 Å². The van der Waals surface area contributed by atoms with Gasteiger partial charge >= 0.3 is 0 Å². The summed E-state index contributed by atoms with van der Waals surface area (Å²) in [4.78, 5) is 15.1. The van der Waals surface area contributed by atoms with E-state index in [0.29, 0.717) is 34.9 Å². The number of aromatic amines is 1. The van der Waals surface area contributed by atoms with Crippen LogP contribution in [0.4, 0.5) is 0 Å². The number of rotatable bonds is 7. The van der Waals surface area contributed by atoms with Gasteiger partial charge in [0.25, 0.3) is 0 Å². The molecular formula is C21H22B5N5. The fourth-order valence-corrected chi connectivity index (χ4v) is 4.49. The first-order valence-corrected chi connectivity index (χ1v) is 10.7. The molecule has 0 saturated carbocycles. The number of nitrogens with two attached hydrogens (primary N) is 1. The molecule has 10 heteroatoms. The molecule has 146 valence electrons. The van der Waals surface area contributed by atoms with Gasteiger partial charge in [0.2, 0.25) is 0 Å². The highest BCUT2D eigenvalue weighted by molar-refractivity contribution is 6.56. The van der Waals surface area contributed by atoms with Gasteiger partial charge < -0.3 is 10.7 Å². The molecule has 1 aromatic carbocycles. The van der Waals surface area contributed by atoms with E-state index in [2.05, 4.69) is 14.9 Å². The summed E-state index contributed by atoms with van der Waals surface area (Å²) < 4.78 is 0. The number of hydrogen-bond donors (Lipinski definition) is 2. The molecule has 3 aromatic rings. The molecule has 1 atom stereocenters. The average molecular weight is 399 g/mol. The van der Waals surface area contributed by atoms with Crippen LogP contribution in [0.25, 0.3) is 11.0 Å². The number of pyridine rings is 1. The van der Waals surface area contributed by atoms with Crippen LogP contribution in [0.5, 0.6) is 0 Å². The Hall–Kier alpha value is -1.92. The average Bonchev–Trinajstić information content (AvgIpc) is 3.14. The molecule has 0 aliphatic heterocycles. The molecule has 2 heterocycles. The largest absolute Gasteiger partial charge is 0.341 e. The quantitative estimate of drug-likeness (QED) is 0.342. The van der Waals surface area contributed by atoms with E-state index in [9.17, 15) is 0 Å². The molecule has 0 bridgehead atoms. The molecule has 0 saturated heterocycles. The van der Waals surface area contributed by atoms with Gasteiger partial charge in [0.05, 0.1) is 29.3 Å². The van der Waals surface area contributed by atoms with Crippen LogP contribution in [0.15, 0.2) is 12.1 Å². The van der Waals surface area contributed by atoms with Crippen LogP contribution in [-0.4, -0.2) is 72.2 Å². The first-order valence-electron chi connectivity index (χ1n) is 10.7. The molecule has 0 amide bonds. The lowest BCUT2D eigenvalue weighted by molar-refractivity contribution is 0.160. The molecule has 3 N–H and O–H groups in total. The minimum atomic E-state index is 0.0716. The van der Waals surface area contributed by atoms with Crippen LogP contribution < -0.4 is 33.2 Å². The predicted molar refractivity (Wildman–Crippen MR) is 132 cm³/mol. The Bertz CT molecular complexity index is 1100. The summed E-state index contributed by atoms with van der Waals surface area (Å²) in [5.41, 5.74) is 11.6. The van der Waals surface area contributed by atoms with Gasteiger partial charge in [-0.25, -0.2) is 4.98 Å². The molecule has 0 fully saturated rings. The third-order valence-electron chi connectivity index (χ3n) is 6.04. The maximum Gasteiger partial charge on any atom is 0.140 e. The molecule has 1 aliphatic rings. The summed E-state index contributed by atoms with van der Waals surface area (Å²) in [6.45, 7) is 2.11. The van der Waals surface area contributed by atoms with E-state index >= 15 is 0 Å². The van der Waals surface area contributed by atoms with Gasteiger partial charge in [-0.15, -0.1) is 0 Å². The van der Waals surface area contributed by atoms with Crippen molar-refractivity contribution in [3.63, 3.8) is 0 Å². The summed E-state index contributed by atoms with van der Waals surface area (Å²) in [6.07, 6.45) is 4.73. The maximum atomic E-state index is 6.30. The van der Waals surface area contributed by atoms with Crippen LogP contribution in [0.3, 0.4) is 0 Å². The number of aromatic nitrogens is 3. The zero-order valence-electron chi connectivity index (χ0n) is 17.7. The number of nitrogens with zero attached hydrogens (tertiary/aromatic N) is 3. The lowest BCUT2D eigenvalue weighted by Crippen LogP contribution is -2.47. The Kier molecular flexibility index (Phi) is 6.68. The van der Waals surface area contributed by atoms with E-state index < -0.39 is 0 Å². The van der Waals surface area contributed by atoms with Gasteiger partial charge in [-0.1, -0.05) is 27.9 Å². The van der Waals surface area contributed by atoms with Gasteiger partial charge in [-0.05, 0) is 62.4 Å². The van der Waals surface area contributed by atoms with E-state index in [4.69, 9.17) is 49.9 Å². The third-order valence-corrected chi connectivity index (χ3v) is 6.04. The Morgan fingerprint density at radius 1 is 1.06 bits per heavy atom. The van der Waals surface area contributed by atoms with Crippen molar-refractivity contribution in [2.24, 2.45) is 5.73 Å². The molecular weight excluding hydrogens is 376 g/mol. The van der Waals surface area contributed by atoms with Crippen LogP contribution >= 0.6 is 0 Å². The Morgan fingerprint density at radius 2 is 1.87 bits per heavy atom. The summed E-state index contributed by atoms with van der Waals surface area (Å²) in [5.74, 6) is 0.823. The standard InChI is InChI=1S/C21H22B5N5/c22-11-8-13(23)20-14(9-11)28-16(29-20)10-31(7-2-1-6-27)15-5-3-4-12-17(24)18(25)21(26)30-19(12)15/h8-9,15H,1-7,10,27H2,(H,28,29)/t15-/m0/s1.